The Morgan fingerprint density at radius 1 is 0.559 bits per heavy atom. The molecule has 0 aliphatic heterocycles. The Morgan fingerprint density at radius 2 is 0.912 bits per heavy atom. The fraction of sp³-hybridized carbons (Fsp3) is 0.857. The molecule has 0 aromatic heterocycles. The maximum absolute atomic E-state index is 6.31. The maximum atomic E-state index is 6.31. The minimum absolute atomic E-state index is 0.355. The fourth-order valence-corrected chi connectivity index (χ4v) is 14.3. The van der Waals surface area contributed by atoms with Gasteiger partial charge < -0.3 is 44.3 Å². The van der Waals surface area contributed by atoms with Crippen LogP contribution in [0.3, 0.4) is 0 Å². The van der Waals surface area contributed by atoms with E-state index in [1.54, 1.807) is 0 Å². The summed E-state index contributed by atoms with van der Waals surface area (Å²) >= 11 is 0. The molecule has 10 nitrogen and oxygen atoms in total. The summed E-state index contributed by atoms with van der Waals surface area (Å²) in [6, 6.07) is 0. The van der Waals surface area contributed by atoms with Crippen molar-refractivity contribution >= 4 is 105 Å². The second kappa shape index (κ2) is 14.6. The van der Waals surface area contributed by atoms with Crippen molar-refractivity contribution < 1.29 is 44.3 Å². The van der Waals surface area contributed by atoms with Crippen LogP contribution >= 0.6 is 0 Å². The predicted molar refractivity (Wildman–Crippen MR) is 163 cm³/mol. The van der Waals surface area contributed by atoms with Crippen LogP contribution in [-0.4, -0.2) is 136 Å². The summed E-state index contributed by atoms with van der Waals surface area (Å²) in [5, 5.41) is 0. The molecule has 2 bridgehead atoms. The van der Waals surface area contributed by atoms with Gasteiger partial charge in [0.25, 0.3) is 0 Å². The minimum Gasteiger partial charge on any atom is -0.404 e. The van der Waals surface area contributed by atoms with Crippen LogP contribution in [0, 0.1) is 22.7 Å². The molecule has 2 aliphatic rings. The Bertz CT molecular complexity index is 601. The monoisotopic (exact) mass is 652 g/mol. The maximum Gasteiger partial charge on any atom is 0.152 e. The molecule has 20 heteroatoms. The largest absolute Gasteiger partial charge is 0.404 e. The highest BCUT2D eigenvalue weighted by atomic mass is 28.2. The van der Waals surface area contributed by atoms with Gasteiger partial charge in [-0.15, -0.1) is 0 Å². The molecule has 2 aliphatic carbocycles. The van der Waals surface area contributed by atoms with Crippen LogP contribution < -0.4 is 0 Å². The second-order valence-corrected chi connectivity index (χ2v) is 13.4. The van der Waals surface area contributed by atoms with Crippen molar-refractivity contribution in [2.45, 2.75) is 50.7 Å². The third kappa shape index (κ3) is 5.08. The lowest BCUT2D eigenvalue weighted by molar-refractivity contribution is -0.361. The molecule has 0 spiro atoms. The zero-order valence-electron chi connectivity index (χ0n) is 22.3. The summed E-state index contributed by atoms with van der Waals surface area (Å²) in [5.41, 5.74) is -0.915. The highest BCUT2D eigenvalue weighted by Gasteiger charge is 2.75. The third-order valence-electron chi connectivity index (χ3n) is 7.58. The summed E-state index contributed by atoms with van der Waals surface area (Å²) in [6.07, 6.45) is 2.31. The standard InChI is InChI=1S/C14H44O10Si10/c25-15-8(16-26)13(9(17-27)18-28,7-4-5-1-2-6(7)3-5)14(10(19-29)20-30,11(21-31)22-32)12(23-33)24-34/h4-6,8-12H,1-3H2,25-34H3. The van der Waals surface area contributed by atoms with Gasteiger partial charge in [-0.1, -0.05) is 11.6 Å². The average molecular weight is 653 g/mol. The first kappa shape index (κ1) is 31.7. The van der Waals surface area contributed by atoms with E-state index in [4.69, 9.17) is 44.3 Å². The Kier molecular flexibility index (Phi) is 13.6. The molecule has 2 rings (SSSR count). The van der Waals surface area contributed by atoms with E-state index in [-0.39, 0.29) is 0 Å². The van der Waals surface area contributed by atoms with E-state index in [2.05, 4.69) is 6.08 Å². The highest BCUT2D eigenvalue weighted by molar-refractivity contribution is 6.02. The van der Waals surface area contributed by atoms with Gasteiger partial charge in [0.1, 0.15) is 116 Å². The van der Waals surface area contributed by atoms with Gasteiger partial charge in [-0.2, -0.15) is 0 Å². The van der Waals surface area contributed by atoms with Crippen molar-refractivity contribution in [3.8, 4) is 0 Å². The lowest BCUT2D eigenvalue weighted by Crippen LogP contribution is -2.74. The van der Waals surface area contributed by atoms with E-state index in [9.17, 15) is 0 Å². The number of rotatable bonds is 17. The fourth-order valence-electron chi connectivity index (χ4n) is 6.67. The number of fused-ring (bicyclic) bond motifs is 2. The van der Waals surface area contributed by atoms with Gasteiger partial charge in [0.15, 0.2) is 31.5 Å². The van der Waals surface area contributed by atoms with Gasteiger partial charge >= 0.3 is 0 Å². The smallest absolute Gasteiger partial charge is 0.152 e. The SMILES string of the molecule is [SiH3]OC(O[SiH3])C(C1=CC2CCC1C2)(C(O[SiH3])O[SiH3])C(C(O[SiH3])O[SiH3])(C(O[SiH3])O[SiH3])C(O[SiH3])O[SiH3]. The molecule has 0 saturated heterocycles. The zero-order chi connectivity index (χ0) is 25.5. The van der Waals surface area contributed by atoms with Crippen molar-refractivity contribution in [3.05, 3.63) is 11.6 Å². The Balaban J connectivity index is 3.16. The first-order valence-electron chi connectivity index (χ1n) is 11.4. The van der Waals surface area contributed by atoms with Gasteiger partial charge in [-0.3, -0.25) is 0 Å². The molecule has 0 heterocycles. The van der Waals surface area contributed by atoms with E-state index in [1.165, 1.54) is 12.0 Å². The molecule has 0 aromatic carbocycles. The molecule has 2 unspecified atom stereocenters. The topological polar surface area (TPSA) is 92.3 Å². The predicted octanol–water partition coefficient (Wildman–Crippen LogP) is -11.1. The molecule has 1 saturated carbocycles. The number of hydrogen-bond acceptors (Lipinski definition) is 10. The lowest BCUT2D eigenvalue weighted by atomic mass is 9.54. The molecule has 0 aromatic rings. The van der Waals surface area contributed by atoms with Crippen LogP contribution in [0.4, 0.5) is 0 Å². The van der Waals surface area contributed by atoms with Crippen molar-refractivity contribution in [2.75, 3.05) is 0 Å². The number of allylic oxidation sites excluding steroid dienone is 1. The summed E-state index contributed by atoms with van der Waals surface area (Å²) in [4.78, 5) is 0. The van der Waals surface area contributed by atoms with E-state index in [0.717, 1.165) is 12.8 Å². The van der Waals surface area contributed by atoms with Gasteiger partial charge in [0, 0.05) is 0 Å². The van der Waals surface area contributed by atoms with Crippen LogP contribution in [-0.2, 0) is 44.3 Å². The highest BCUT2D eigenvalue weighted by Crippen LogP contribution is 2.65. The van der Waals surface area contributed by atoms with Crippen LogP contribution in [0.1, 0.15) is 19.3 Å². The molecule has 0 N–H and O–H groups in total. The minimum atomic E-state index is -1.13. The van der Waals surface area contributed by atoms with Crippen LogP contribution in [0.25, 0.3) is 0 Å². The Labute approximate surface area is 233 Å². The first-order valence-corrected chi connectivity index (χ1v) is 19.6. The average Bonchev–Trinajstić information content (AvgIpc) is 3.50. The van der Waals surface area contributed by atoms with Crippen molar-refractivity contribution in [3.63, 3.8) is 0 Å². The molecular formula is C14H44O10Si10. The van der Waals surface area contributed by atoms with Crippen molar-refractivity contribution in [1.82, 2.24) is 0 Å². The van der Waals surface area contributed by atoms with Crippen molar-refractivity contribution in [2.24, 2.45) is 22.7 Å². The van der Waals surface area contributed by atoms with E-state index < -0.39 is 42.3 Å². The Hall–Kier alpha value is 1.51. The summed E-state index contributed by atoms with van der Waals surface area (Å²) in [7, 11) is 4.46. The van der Waals surface area contributed by atoms with Crippen LogP contribution in [0.15, 0.2) is 11.6 Å². The third-order valence-corrected chi connectivity index (χ3v) is 11.9. The van der Waals surface area contributed by atoms with Gasteiger partial charge in [-0.05, 0) is 31.1 Å². The summed E-state index contributed by atoms with van der Waals surface area (Å²) in [5.74, 6) is 0.866. The molecule has 1 fully saturated rings. The van der Waals surface area contributed by atoms with Gasteiger partial charge in [0.2, 0.25) is 0 Å². The zero-order valence-corrected chi connectivity index (χ0v) is 42.3. The van der Waals surface area contributed by atoms with E-state index in [1.807, 2.05) is 0 Å². The lowest BCUT2D eigenvalue weighted by Gasteiger charge is -2.62. The van der Waals surface area contributed by atoms with Crippen LogP contribution in [0.2, 0.25) is 0 Å². The first-order chi connectivity index (χ1) is 16.4. The van der Waals surface area contributed by atoms with Gasteiger partial charge in [0.05, 0.1) is 0 Å². The van der Waals surface area contributed by atoms with Crippen molar-refractivity contribution in [1.29, 1.82) is 0 Å². The second-order valence-electron chi connectivity index (χ2n) is 8.71. The van der Waals surface area contributed by atoms with Crippen LogP contribution in [0.5, 0.6) is 0 Å². The van der Waals surface area contributed by atoms with Gasteiger partial charge in [-0.25, -0.2) is 0 Å². The van der Waals surface area contributed by atoms with E-state index >= 15 is 0 Å². The molecule has 0 radical (unpaired) electrons. The van der Waals surface area contributed by atoms with E-state index in [0.29, 0.717) is 117 Å². The molecule has 34 heavy (non-hydrogen) atoms. The Morgan fingerprint density at radius 3 is 1.15 bits per heavy atom. The molecule has 2 atom stereocenters. The quantitative estimate of drug-likeness (QED) is 0.0858. The number of hydrogen-bond donors (Lipinski definition) is 0. The summed E-state index contributed by atoms with van der Waals surface area (Å²) in [6.45, 7) is 0. The molecule has 0 amide bonds. The molecular weight excluding hydrogens is 609 g/mol. The normalized spacial score (nSPS) is 28.9. The molecule has 200 valence electrons. The summed E-state index contributed by atoms with van der Waals surface area (Å²) < 4.78 is 62.7.